The van der Waals surface area contributed by atoms with Gasteiger partial charge in [-0.05, 0) is 51.0 Å². The molecule has 0 N–H and O–H groups in total. The molecule has 2 amide bonds. The molecule has 0 unspecified atom stereocenters. The number of piperazine rings is 1. The second-order valence-electron chi connectivity index (χ2n) is 8.30. The van der Waals surface area contributed by atoms with Crippen LogP contribution in [0, 0.1) is 25.6 Å². The number of halogens is 1. The van der Waals surface area contributed by atoms with E-state index < -0.39 is 0 Å². The number of aromatic nitrogens is 2. The van der Waals surface area contributed by atoms with Gasteiger partial charge < -0.3 is 14.7 Å². The summed E-state index contributed by atoms with van der Waals surface area (Å²) in [5.74, 6) is 1.36. The van der Waals surface area contributed by atoms with Gasteiger partial charge in [0.25, 0.3) is 5.91 Å². The molecular weight excluding hydrogens is 397 g/mol. The first-order chi connectivity index (χ1) is 14.9. The molecule has 8 heteroatoms. The first kappa shape index (κ1) is 21.2. The molecule has 0 spiro atoms. The number of anilines is 1. The van der Waals surface area contributed by atoms with E-state index >= 15 is 0 Å². The molecule has 2 aliphatic rings. The second-order valence-corrected chi connectivity index (χ2v) is 8.30. The maximum atomic E-state index is 13.1. The first-order valence-electron chi connectivity index (χ1n) is 10.8. The molecule has 0 bridgehead atoms. The topological polar surface area (TPSA) is 69.6 Å². The molecule has 0 radical (unpaired) electrons. The van der Waals surface area contributed by atoms with Crippen molar-refractivity contribution in [2.24, 2.45) is 5.92 Å². The zero-order valence-electron chi connectivity index (χ0n) is 18.1. The summed E-state index contributed by atoms with van der Waals surface area (Å²) in [6.07, 6.45) is 1.33. The predicted molar refractivity (Wildman–Crippen MR) is 115 cm³/mol. The van der Waals surface area contributed by atoms with Crippen molar-refractivity contribution in [3.63, 3.8) is 0 Å². The fourth-order valence-electron chi connectivity index (χ4n) is 4.38. The zero-order valence-corrected chi connectivity index (χ0v) is 18.1. The predicted octanol–water partition coefficient (Wildman–Crippen LogP) is 2.43. The Morgan fingerprint density at radius 1 is 0.903 bits per heavy atom. The molecule has 2 aromatic rings. The Bertz CT molecular complexity index is 929. The van der Waals surface area contributed by atoms with Crippen LogP contribution in [-0.2, 0) is 4.79 Å². The Morgan fingerprint density at radius 2 is 1.55 bits per heavy atom. The van der Waals surface area contributed by atoms with E-state index in [2.05, 4.69) is 14.9 Å². The van der Waals surface area contributed by atoms with E-state index in [0.717, 1.165) is 30.4 Å². The number of hydrogen-bond acceptors (Lipinski definition) is 5. The molecule has 1 aromatic heterocycles. The molecule has 164 valence electrons. The molecule has 0 atom stereocenters. The van der Waals surface area contributed by atoms with Gasteiger partial charge in [0.2, 0.25) is 5.91 Å². The Kier molecular flexibility index (Phi) is 6.15. The molecule has 0 aliphatic carbocycles. The van der Waals surface area contributed by atoms with Gasteiger partial charge in [-0.25, -0.2) is 14.4 Å². The van der Waals surface area contributed by atoms with Crippen LogP contribution in [0.3, 0.4) is 0 Å². The summed E-state index contributed by atoms with van der Waals surface area (Å²) >= 11 is 0. The van der Waals surface area contributed by atoms with Gasteiger partial charge in [0.05, 0.1) is 0 Å². The second kappa shape index (κ2) is 8.99. The number of piperidine rings is 1. The number of aryl methyl sites for hydroxylation is 2. The number of carbonyl (C=O) groups is 2. The molecule has 31 heavy (non-hydrogen) atoms. The standard InChI is InChI=1S/C23H28FN5O2/c1-16-15-21(26-17(2)25-16)27-11-13-29(14-12-27)23(31)19-7-9-28(10-8-19)22(30)18-3-5-20(24)6-4-18/h3-6,15,19H,7-14H2,1-2H3. The van der Waals surface area contributed by atoms with Gasteiger partial charge in [-0.2, -0.15) is 0 Å². The number of carbonyl (C=O) groups excluding carboxylic acids is 2. The fraction of sp³-hybridized carbons (Fsp3) is 0.478. The van der Waals surface area contributed by atoms with Crippen LogP contribution in [-0.4, -0.2) is 70.9 Å². The Morgan fingerprint density at radius 3 is 2.16 bits per heavy atom. The Balaban J connectivity index is 1.28. The van der Waals surface area contributed by atoms with Gasteiger partial charge in [0, 0.05) is 62.5 Å². The highest BCUT2D eigenvalue weighted by Crippen LogP contribution is 2.23. The quantitative estimate of drug-likeness (QED) is 0.756. The van der Waals surface area contributed by atoms with Crippen LogP contribution >= 0.6 is 0 Å². The summed E-state index contributed by atoms with van der Waals surface area (Å²) in [4.78, 5) is 40.4. The van der Waals surface area contributed by atoms with Crippen LogP contribution in [0.25, 0.3) is 0 Å². The van der Waals surface area contributed by atoms with Crippen molar-refractivity contribution in [1.82, 2.24) is 19.8 Å². The zero-order chi connectivity index (χ0) is 22.0. The molecular formula is C23H28FN5O2. The van der Waals surface area contributed by atoms with Crippen molar-refractivity contribution >= 4 is 17.6 Å². The minimum atomic E-state index is -0.356. The average molecular weight is 426 g/mol. The van der Waals surface area contributed by atoms with E-state index in [9.17, 15) is 14.0 Å². The van der Waals surface area contributed by atoms with Crippen molar-refractivity contribution in [1.29, 1.82) is 0 Å². The highest BCUT2D eigenvalue weighted by atomic mass is 19.1. The molecule has 4 rings (SSSR count). The van der Waals surface area contributed by atoms with Gasteiger partial charge in [0.1, 0.15) is 17.5 Å². The monoisotopic (exact) mass is 425 g/mol. The van der Waals surface area contributed by atoms with Crippen LogP contribution in [0.2, 0.25) is 0 Å². The van der Waals surface area contributed by atoms with Gasteiger partial charge >= 0.3 is 0 Å². The average Bonchev–Trinajstić information content (AvgIpc) is 2.78. The van der Waals surface area contributed by atoms with Gasteiger partial charge in [0.15, 0.2) is 0 Å². The van der Waals surface area contributed by atoms with Gasteiger partial charge in [-0.1, -0.05) is 0 Å². The normalized spacial score (nSPS) is 17.7. The van der Waals surface area contributed by atoms with Crippen LogP contribution in [0.5, 0.6) is 0 Å². The number of likely N-dealkylation sites (tertiary alicyclic amines) is 1. The minimum absolute atomic E-state index is 0.0487. The number of rotatable bonds is 3. The lowest BCUT2D eigenvalue weighted by Crippen LogP contribution is -2.52. The third-order valence-corrected chi connectivity index (χ3v) is 6.09. The summed E-state index contributed by atoms with van der Waals surface area (Å²) in [6.45, 7) is 7.81. The van der Waals surface area contributed by atoms with E-state index in [1.165, 1.54) is 24.3 Å². The molecule has 3 heterocycles. The first-order valence-corrected chi connectivity index (χ1v) is 10.8. The Labute approximate surface area is 181 Å². The SMILES string of the molecule is Cc1cc(N2CCN(C(=O)C3CCN(C(=O)c4ccc(F)cc4)CC3)CC2)nc(C)n1. The highest BCUT2D eigenvalue weighted by Gasteiger charge is 2.32. The molecule has 2 saturated heterocycles. The van der Waals surface area contributed by atoms with Crippen LogP contribution in [0.1, 0.15) is 34.7 Å². The summed E-state index contributed by atoms with van der Waals surface area (Å²) < 4.78 is 13.1. The number of hydrogen-bond donors (Lipinski definition) is 0. The minimum Gasteiger partial charge on any atom is -0.353 e. The Hall–Kier alpha value is -3.03. The van der Waals surface area contributed by atoms with E-state index in [0.29, 0.717) is 44.6 Å². The highest BCUT2D eigenvalue weighted by molar-refractivity contribution is 5.94. The summed E-state index contributed by atoms with van der Waals surface area (Å²) in [7, 11) is 0. The third kappa shape index (κ3) is 4.84. The van der Waals surface area contributed by atoms with Crippen molar-refractivity contribution in [3.8, 4) is 0 Å². The molecule has 2 aliphatic heterocycles. The lowest BCUT2D eigenvalue weighted by molar-refractivity contribution is -0.137. The fourth-order valence-corrected chi connectivity index (χ4v) is 4.38. The van der Waals surface area contributed by atoms with E-state index in [1.807, 2.05) is 24.8 Å². The van der Waals surface area contributed by atoms with E-state index in [1.54, 1.807) is 4.90 Å². The largest absolute Gasteiger partial charge is 0.353 e. The smallest absolute Gasteiger partial charge is 0.253 e. The van der Waals surface area contributed by atoms with Crippen molar-refractivity contribution in [3.05, 3.63) is 53.2 Å². The van der Waals surface area contributed by atoms with E-state index in [-0.39, 0.29) is 23.5 Å². The summed E-state index contributed by atoms with van der Waals surface area (Å²) in [5.41, 5.74) is 1.43. The van der Waals surface area contributed by atoms with Crippen molar-refractivity contribution < 1.29 is 14.0 Å². The van der Waals surface area contributed by atoms with Gasteiger partial charge in [-0.3, -0.25) is 9.59 Å². The number of nitrogens with zero attached hydrogens (tertiary/aromatic N) is 5. The maximum Gasteiger partial charge on any atom is 0.253 e. The van der Waals surface area contributed by atoms with Crippen molar-refractivity contribution in [2.75, 3.05) is 44.2 Å². The maximum absolute atomic E-state index is 13.1. The number of amides is 2. The number of benzene rings is 1. The molecule has 2 fully saturated rings. The summed E-state index contributed by atoms with van der Waals surface area (Å²) in [5, 5.41) is 0. The summed E-state index contributed by atoms with van der Waals surface area (Å²) in [6, 6.07) is 7.60. The lowest BCUT2D eigenvalue weighted by atomic mass is 9.94. The van der Waals surface area contributed by atoms with Crippen LogP contribution in [0.15, 0.2) is 30.3 Å². The molecule has 7 nitrogen and oxygen atoms in total. The van der Waals surface area contributed by atoms with Crippen molar-refractivity contribution in [2.45, 2.75) is 26.7 Å². The third-order valence-electron chi connectivity index (χ3n) is 6.09. The van der Waals surface area contributed by atoms with Crippen LogP contribution in [0.4, 0.5) is 10.2 Å². The molecule has 1 aromatic carbocycles. The molecule has 0 saturated carbocycles. The lowest BCUT2D eigenvalue weighted by Gasteiger charge is -2.39. The van der Waals surface area contributed by atoms with E-state index in [4.69, 9.17) is 0 Å². The van der Waals surface area contributed by atoms with Gasteiger partial charge in [-0.15, -0.1) is 0 Å². The van der Waals surface area contributed by atoms with Crippen LogP contribution < -0.4 is 4.90 Å².